The number of amides is 2. The van der Waals surface area contributed by atoms with Gasteiger partial charge >= 0.3 is 0 Å². The van der Waals surface area contributed by atoms with Gasteiger partial charge in [-0.05, 0) is 18.6 Å². The number of para-hydroxylation sites is 2. The molecule has 0 radical (unpaired) electrons. The topological polar surface area (TPSA) is 70.5 Å². The van der Waals surface area contributed by atoms with Gasteiger partial charge in [0, 0.05) is 39.6 Å². The molecule has 3 heterocycles. The Morgan fingerprint density at radius 2 is 2.00 bits per heavy atom. The fraction of sp³-hybridized carbons (Fsp3) is 0.500. The maximum absolute atomic E-state index is 12.5. The predicted molar refractivity (Wildman–Crippen MR) is 93.7 cm³/mol. The van der Waals surface area contributed by atoms with Crippen molar-refractivity contribution in [2.24, 2.45) is 7.05 Å². The molecule has 0 bridgehead atoms. The molecule has 1 aromatic carbocycles. The maximum Gasteiger partial charge on any atom is 0.245 e. The number of aromatic nitrogens is 2. The smallest absolute Gasteiger partial charge is 0.245 e. The van der Waals surface area contributed by atoms with Gasteiger partial charge in [0.2, 0.25) is 11.8 Å². The van der Waals surface area contributed by atoms with Gasteiger partial charge in [0.15, 0.2) is 0 Å². The number of aryl methyl sites for hydroxylation is 1. The van der Waals surface area contributed by atoms with Gasteiger partial charge in [-0.2, -0.15) is 0 Å². The van der Waals surface area contributed by atoms with Gasteiger partial charge < -0.3 is 14.8 Å². The first-order valence-corrected chi connectivity index (χ1v) is 8.82. The standard InChI is InChI=1S/C18H23N5O2/c1-21-15-5-3-2-4-13(15)19-16(21)12-22-8-10-23(11-9-22)18(25)14-6-7-17(24)20-14/h2-5,14H,6-12H2,1H3,(H,20,24). The van der Waals surface area contributed by atoms with Gasteiger partial charge in [-0.25, -0.2) is 4.98 Å². The second-order valence-corrected chi connectivity index (χ2v) is 6.84. The van der Waals surface area contributed by atoms with Crippen LogP contribution >= 0.6 is 0 Å². The van der Waals surface area contributed by atoms with E-state index in [9.17, 15) is 9.59 Å². The van der Waals surface area contributed by atoms with Gasteiger partial charge in [0.05, 0.1) is 17.6 Å². The second kappa shape index (κ2) is 6.48. The lowest BCUT2D eigenvalue weighted by Gasteiger charge is -2.35. The van der Waals surface area contributed by atoms with Crippen LogP contribution in [-0.4, -0.2) is 63.4 Å². The van der Waals surface area contributed by atoms with E-state index in [1.165, 1.54) is 0 Å². The molecule has 2 fully saturated rings. The van der Waals surface area contributed by atoms with Crippen molar-refractivity contribution >= 4 is 22.8 Å². The Hall–Kier alpha value is -2.41. The molecule has 25 heavy (non-hydrogen) atoms. The number of carbonyl (C=O) groups is 2. The maximum atomic E-state index is 12.5. The van der Waals surface area contributed by atoms with E-state index < -0.39 is 0 Å². The first-order chi connectivity index (χ1) is 12.1. The van der Waals surface area contributed by atoms with E-state index in [-0.39, 0.29) is 17.9 Å². The molecule has 0 saturated carbocycles. The Bertz CT molecular complexity index is 807. The van der Waals surface area contributed by atoms with Crippen LogP contribution in [0.15, 0.2) is 24.3 Å². The molecule has 2 aliphatic rings. The van der Waals surface area contributed by atoms with Crippen molar-refractivity contribution in [2.75, 3.05) is 26.2 Å². The van der Waals surface area contributed by atoms with Crippen LogP contribution in [0.1, 0.15) is 18.7 Å². The number of imidazole rings is 1. The van der Waals surface area contributed by atoms with Crippen molar-refractivity contribution in [1.82, 2.24) is 24.7 Å². The van der Waals surface area contributed by atoms with E-state index in [0.29, 0.717) is 25.9 Å². The molecule has 2 saturated heterocycles. The van der Waals surface area contributed by atoms with Gasteiger partial charge in [-0.3, -0.25) is 14.5 Å². The summed E-state index contributed by atoms with van der Waals surface area (Å²) >= 11 is 0. The van der Waals surface area contributed by atoms with Crippen LogP contribution in [0, 0.1) is 0 Å². The third-order valence-electron chi connectivity index (χ3n) is 5.22. The number of carbonyl (C=O) groups excluding carboxylic acids is 2. The number of nitrogens with zero attached hydrogens (tertiary/aromatic N) is 4. The molecule has 1 aromatic heterocycles. The highest BCUT2D eigenvalue weighted by molar-refractivity contribution is 5.90. The Kier molecular flexibility index (Phi) is 4.17. The summed E-state index contributed by atoms with van der Waals surface area (Å²) in [5.41, 5.74) is 2.16. The van der Waals surface area contributed by atoms with Crippen molar-refractivity contribution in [3.05, 3.63) is 30.1 Å². The van der Waals surface area contributed by atoms with Crippen molar-refractivity contribution in [1.29, 1.82) is 0 Å². The van der Waals surface area contributed by atoms with E-state index in [1.54, 1.807) is 0 Å². The van der Waals surface area contributed by atoms with Gasteiger partial charge in [-0.15, -0.1) is 0 Å². The number of piperazine rings is 1. The van der Waals surface area contributed by atoms with Crippen LogP contribution in [0.4, 0.5) is 0 Å². The molecule has 2 aromatic rings. The van der Waals surface area contributed by atoms with E-state index >= 15 is 0 Å². The summed E-state index contributed by atoms with van der Waals surface area (Å²) in [6.07, 6.45) is 1.08. The van der Waals surface area contributed by atoms with Gasteiger partial charge in [0.25, 0.3) is 0 Å². The average molecular weight is 341 g/mol. The minimum atomic E-state index is -0.320. The first-order valence-electron chi connectivity index (χ1n) is 8.82. The van der Waals surface area contributed by atoms with Crippen LogP contribution in [-0.2, 0) is 23.2 Å². The minimum Gasteiger partial charge on any atom is -0.344 e. The Labute approximate surface area is 146 Å². The van der Waals surface area contributed by atoms with Gasteiger partial charge in [0.1, 0.15) is 11.9 Å². The highest BCUT2D eigenvalue weighted by Crippen LogP contribution is 2.17. The summed E-state index contributed by atoms with van der Waals surface area (Å²) in [6, 6.07) is 7.83. The van der Waals surface area contributed by atoms with Crippen molar-refractivity contribution < 1.29 is 9.59 Å². The number of benzene rings is 1. The molecule has 2 amide bonds. The second-order valence-electron chi connectivity index (χ2n) is 6.84. The zero-order valence-corrected chi connectivity index (χ0v) is 14.4. The first kappa shape index (κ1) is 16.1. The Balaban J connectivity index is 1.36. The summed E-state index contributed by atoms with van der Waals surface area (Å²) in [4.78, 5) is 32.7. The zero-order valence-electron chi connectivity index (χ0n) is 14.4. The van der Waals surface area contributed by atoms with Crippen LogP contribution in [0.25, 0.3) is 11.0 Å². The van der Waals surface area contributed by atoms with Crippen LogP contribution in [0.2, 0.25) is 0 Å². The molecule has 1 unspecified atom stereocenters. The summed E-state index contributed by atoms with van der Waals surface area (Å²) in [5.74, 6) is 1.09. The van der Waals surface area contributed by atoms with Crippen LogP contribution in [0.3, 0.4) is 0 Å². The van der Waals surface area contributed by atoms with E-state index in [0.717, 1.165) is 36.5 Å². The molecule has 0 spiro atoms. The highest BCUT2D eigenvalue weighted by atomic mass is 16.2. The summed E-state index contributed by atoms with van der Waals surface area (Å²) in [7, 11) is 2.05. The van der Waals surface area contributed by atoms with Gasteiger partial charge in [-0.1, -0.05) is 12.1 Å². The Morgan fingerprint density at radius 3 is 2.68 bits per heavy atom. The fourth-order valence-corrected chi connectivity index (χ4v) is 3.68. The molecule has 7 heteroatoms. The lowest BCUT2D eigenvalue weighted by atomic mass is 10.2. The lowest BCUT2D eigenvalue weighted by molar-refractivity contribution is -0.136. The molecule has 2 aliphatic heterocycles. The largest absolute Gasteiger partial charge is 0.344 e. The van der Waals surface area contributed by atoms with Crippen molar-refractivity contribution in [3.8, 4) is 0 Å². The van der Waals surface area contributed by atoms with Crippen LogP contribution in [0.5, 0.6) is 0 Å². The number of hydrogen-bond donors (Lipinski definition) is 1. The minimum absolute atomic E-state index is 0.0150. The van der Waals surface area contributed by atoms with Crippen LogP contribution < -0.4 is 5.32 Å². The third kappa shape index (κ3) is 3.11. The summed E-state index contributed by atoms with van der Waals surface area (Å²) in [5, 5.41) is 2.77. The lowest BCUT2D eigenvalue weighted by Crippen LogP contribution is -2.53. The molecule has 1 N–H and O–H groups in total. The molecule has 0 aliphatic carbocycles. The van der Waals surface area contributed by atoms with E-state index in [1.807, 2.05) is 30.1 Å². The number of hydrogen-bond acceptors (Lipinski definition) is 4. The molecular formula is C18H23N5O2. The van der Waals surface area contributed by atoms with E-state index in [2.05, 4.69) is 20.9 Å². The number of nitrogens with one attached hydrogen (secondary N) is 1. The SMILES string of the molecule is Cn1c(CN2CCN(C(=O)C3CCC(=O)N3)CC2)nc2ccccc21. The average Bonchev–Trinajstić information content (AvgIpc) is 3.20. The molecule has 1 atom stereocenters. The fourth-order valence-electron chi connectivity index (χ4n) is 3.68. The number of fused-ring (bicyclic) bond motifs is 1. The molecular weight excluding hydrogens is 318 g/mol. The summed E-state index contributed by atoms with van der Waals surface area (Å²) in [6.45, 7) is 3.85. The monoisotopic (exact) mass is 341 g/mol. The number of rotatable bonds is 3. The van der Waals surface area contributed by atoms with Crippen molar-refractivity contribution in [2.45, 2.75) is 25.4 Å². The predicted octanol–water partition coefficient (Wildman–Crippen LogP) is 0.496. The van der Waals surface area contributed by atoms with Crippen molar-refractivity contribution in [3.63, 3.8) is 0 Å². The summed E-state index contributed by atoms with van der Waals surface area (Å²) < 4.78 is 2.14. The molecule has 4 rings (SSSR count). The molecule has 132 valence electrons. The highest BCUT2D eigenvalue weighted by Gasteiger charge is 2.32. The zero-order chi connectivity index (χ0) is 17.4. The third-order valence-corrected chi connectivity index (χ3v) is 5.22. The Morgan fingerprint density at radius 1 is 1.24 bits per heavy atom. The molecule has 7 nitrogen and oxygen atoms in total. The quantitative estimate of drug-likeness (QED) is 0.882. The normalized spacial score (nSPS) is 21.7. The van der Waals surface area contributed by atoms with E-state index in [4.69, 9.17) is 4.98 Å².